The topological polar surface area (TPSA) is 63.4 Å². The average molecular weight is 218 g/mol. The molecule has 1 aromatic rings. The minimum absolute atomic E-state index is 0.141. The van der Waals surface area contributed by atoms with E-state index in [0.29, 0.717) is 18.5 Å². The molecule has 4 heteroatoms. The number of fused-ring (bicyclic) bond motifs is 1. The normalized spacial score (nSPS) is 15.5. The highest BCUT2D eigenvalue weighted by atomic mass is 16.1. The number of para-hydroxylation sites is 1. The van der Waals surface area contributed by atoms with E-state index in [9.17, 15) is 9.59 Å². The van der Waals surface area contributed by atoms with Crippen molar-refractivity contribution < 1.29 is 9.59 Å². The molecule has 1 aliphatic heterocycles. The third-order valence-electron chi connectivity index (χ3n) is 2.72. The summed E-state index contributed by atoms with van der Waals surface area (Å²) in [6, 6.07) is 7.37. The van der Waals surface area contributed by atoms with Gasteiger partial charge in [0, 0.05) is 24.2 Å². The molecule has 1 aromatic carbocycles. The predicted octanol–water partition coefficient (Wildman–Crippen LogP) is 0.955. The summed E-state index contributed by atoms with van der Waals surface area (Å²) in [7, 11) is 0. The number of primary amides is 1. The number of hydrogen-bond acceptors (Lipinski definition) is 3. The molecule has 1 amide bonds. The van der Waals surface area contributed by atoms with Crippen LogP contribution in [0.15, 0.2) is 24.3 Å². The highest BCUT2D eigenvalue weighted by molar-refractivity contribution is 6.02. The Kier molecular flexibility index (Phi) is 2.90. The lowest BCUT2D eigenvalue weighted by atomic mass is 10.1. The predicted molar refractivity (Wildman–Crippen MR) is 61.4 cm³/mol. The quantitative estimate of drug-likeness (QED) is 0.804. The third kappa shape index (κ3) is 2.05. The standard InChI is InChI=1S/C12H14N2O2/c13-12(16)8-14-7-3-6-11(15)9-4-1-2-5-10(9)14/h1-2,4-5H,3,6-8H2,(H2,13,16). The van der Waals surface area contributed by atoms with Crippen molar-refractivity contribution in [3.63, 3.8) is 0 Å². The van der Waals surface area contributed by atoms with E-state index in [1.165, 1.54) is 0 Å². The maximum absolute atomic E-state index is 11.8. The molecular weight excluding hydrogens is 204 g/mol. The van der Waals surface area contributed by atoms with E-state index in [2.05, 4.69) is 0 Å². The first kappa shape index (κ1) is 10.7. The summed E-state index contributed by atoms with van der Waals surface area (Å²) in [5, 5.41) is 0. The molecule has 0 radical (unpaired) electrons. The molecule has 84 valence electrons. The van der Waals surface area contributed by atoms with Crippen LogP contribution < -0.4 is 10.6 Å². The SMILES string of the molecule is NC(=O)CN1CCCC(=O)c2ccccc21. The maximum Gasteiger partial charge on any atom is 0.236 e. The van der Waals surface area contributed by atoms with Gasteiger partial charge in [-0.3, -0.25) is 9.59 Å². The molecule has 4 nitrogen and oxygen atoms in total. The summed E-state index contributed by atoms with van der Waals surface area (Å²) in [6.07, 6.45) is 1.30. The smallest absolute Gasteiger partial charge is 0.236 e. The zero-order valence-corrected chi connectivity index (χ0v) is 8.98. The Morgan fingerprint density at radius 3 is 2.88 bits per heavy atom. The van der Waals surface area contributed by atoms with E-state index in [1.807, 2.05) is 23.1 Å². The fraction of sp³-hybridized carbons (Fsp3) is 0.333. The second-order valence-electron chi connectivity index (χ2n) is 3.93. The van der Waals surface area contributed by atoms with Crippen molar-refractivity contribution in [2.24, 2.45) is 5.73 Å². The van der Waals surface area contributed by atoms with Gasteiger partial charge >= 0.3 is 0 Å². The number of ketones is 1. The van der Waals surface area contributed by atoms with Gasteiger partial charge in [-0.25, -0.2) is 0 Å². The van der Waals surface area contributed by atoms with Gasteiger partial charge in [-0.05, 0) is 18.6 Å². The zero-order valence-electron chi connectivity index (χ0n) is 8.98. The van der Waals surface area contributed by atoms with Gasteiger partial charge in [0.25, 0.3) is 0 Å². The first-order valence-electron chi connectivity index (χ1n) is 5.34. The van der Waals surface area contributed by atoms with Gasteiger partial charge in [-0.15, -0.1) is 0 Å². The van der Waals surface area contributed by atoms with Crippen LogP contribution in [0, 0.1) is 0 Å². The molecule has 2 N–H and O–H groups in total. The second-order valence-corrected chi connectivity index (χ2v) is 3.93. The van der Waals surface area contributed by atoms with Crippen molar-refractivity contribution in [2.75, 3.05) is 18.0 Å². The van der Waals surface area contributed by atoms with E-state index in [0.717, 1.165) is 12.1 Å². The number of carbonyl (C=O) groups is 2. The molecule has 16 heavy (non-hydrogen) atoms. The second kappa shape index (κ2) is 4.35. The number of rotatable bonds is 2. The fourth-order valence-corrected chi connectivity index (χ4v) is 2.02. The highest BCUT2D eigenvalue weighted by Gasteiger charge is 2.20. The van der Waals surface area contributed by atoms with Gasteiger partial charge in [0.05, 0.1) is 6.54 Å². The minimum atomic E-state index is -0.371. The first-order chi connectivity index (χ1) is 7.68. The molecule has 0 atom stereocenters. The molecule has 1 aliphatic rings. The molecule has 0 fully saturated rings. The summed E-state index contributed by atoms with van der Waals surface area (Å²) < 4.78 is 0. The summed E-state index contributed by atoms with van der Waals surface area (Å²) in [4.78, 5) is 24.6. The van der Waals surface area contributed by atoms with E-state index in [-0.39, 0.29) is 18.2 Å². The Bertz CT molecular complexity index is 429. The molecule has 0 spiro atoms. The highest BCUT2D eigenvalue weighted by Crippen LogP contribution is 2.25. The van der Waals surface area contributed by atoms with E-state index < -0.39 is 0 Å². The van der Waals surface area contributed by atoms with Gasteiger partial charge in [0.1, 0.15) is 0 Å². The van der Waals surface area contributed by atoms with Gasteiger partial charge < -0.3 is 10.6 Å². The van der Waals surface area contributed by atoms with Crippen LogP contribution in [0.5, 0.6) is 0 Å². The summed E-state index contributed by atoms with van der Waals surface area (Å²) in [5.74, 6) is -0.230. The molecular formula is C12H14N2O2. The monoisotopic (exact) mass is 218 g/mol. The molecule has 0 bridgehead atoms. The number of hydrogen-bond donors (Lipinski definition) is 1. The van der Waals surface area contributed by atoms with Gasteiger partial charge in [-0.2, -0.15) is 0 Å². The van der Waals surface area contributed by atoms with Gasteiger partial charge in [-0.1, -0.05) is 12.1 Å². The Morgan fingerprint density at radius 2 is 2.12 bits per heavy atom. The van der Waals surface area contributed by atoms with Crippen molar-refractivity contribution in [3.05, 3.63) is 29.8 Å². The van der Waals surface area contributed by atoms with Crippen LogP contribution in [-0.4, -0.2) is 24.8 Å². The van der Waals surface area contributed by atoms with Crippen molar-refractivity contribution in [1.82, 2.24) is 0 Å². The lowest BCUT2D eigenvalue weighted by Crippen LogP contribution is -2.34. The van der Waals surface area contributed by atoms with Crippen LogP contribution in [0.1, 0.15) is 23.2 Å². The number of Topliss-reactive ketones (excluding diaryl/α,β-unsaturated/α-hetero) is 1. The molecule has 1 heterocycles. The van der Waals surface area contributed by atoms with Crippen LogP contribution in [0.25, 0.3) is 0 Å². The number of carbonyl (C=O) groups excluding carboxylic acids is 2. The molecule has 0 aliphatic carbocycles. The van der Waals surface area contributed by atoms with Gasteiger partial charge in [0.2, 0.25) is 5.91 Å². The van der Waals surface area contributed by atoms with Crippen LogP contribution in [0.2, 0.25) is 0 Å². The number of nitrogens with two attached hydrogens (primary N) is 1. The molecule has 2 rings (SSSR count). The molecule has 0 unspecified atom stereocenters. The van der Waals surface area contributed by atoms with E-state index in [4.69, 9.17) is 5.73 Å². The molecule has 0 saturated heterocycles. The van der Waals surface area contributed by atoms with Crippen LogP contribution >= 0.6 is 0 Å². The Hall–Kier alpha value is -1.84. The molecule has 0 aromatic heterocycles. The Balaban J connectivity index is 2.38. The number of nitrogens with zero attached hydrogens (tertiary/aromatic N) is 1. The third-order valence-corrected chi connectivity index (χ3v) is 2.72. The number of amides is 1. The maximum atomic E-state index is 11.8. The van der Waals surface area contributed by atoms with Gasteiger partial charge in [0.15, 0.2) is 5.78 Å². The lowest BCUT2D eigenvalue weighted by Gasteiger charge is -2.22. The summed E-state index contributed by atoms with van der Waals surface area (Å²) >= 11 is 0. The first-order valence-corrected chi connectivity index (χ1v) is 5.34. The minimum Gasteiger partial charge on any atom is -0.368 e. The van der Waals surface area contributed by atoms with Crippen LogP contribution in [-0.2, 0) is 4.79 Å². The lowest BCUT2D eigenvalue weighted by molar-refractivity contribution is -0.116. The molecule has 0 saturated carbocycles. The van der Waals surface area contributed by atoms with Crippen molar-refractivity contribution >= 4 is 17.4 Å². The van der Waals surface area contributed by atoms with Crippen molar-refractivity contribution in [3.8, 4) is 0 Å². The largest absolute Gasteiger partial charge is 0.368 e. The Labute approximate surface area is 94.0 Å². The van der Waals surface area contributed by atoms with Crippen LogP contribution in [0.3, 0.4) is 0 Å². The van der Waals surface area contributed by atoms with Crippen LogP contribution in [0.4, 0.5) is 5.69 Å². The van der Waals surface area contributed by atoms with E-state index in [1.54, 1.807) is 6.07 Å². The fourth-order valence-electron chi connectivity index (χ4n) is 2.02. The van der Waals surface area contributed by atoms with Crippen molar-refractivity contribution in [2.45, 2.75) is 12.8 Å². The van der Waals surface area contributed by atoms with Crippen molar-refractivity contribution in [1.29, 1.82) is 0 Å². The number of benzene rings is 1. The summed E-state index contributed by atoms with van der Waals surface area (Å²) in [6.45, 7) is 0.871. The van der Waals surface area contributed by atoms with E-state index >= 15 is 0 Å². The number of anilines is 1. The average Bonchev–Trinajstić information content (AvgIpc) is 2.40. The Morgan fingerprint density at radius 1 is 1.38 bits per heavy atom. The zero-order chi connectivity index (χ0) is 11.5. The summed E-state index contributed by atoms with van der Waals surface area (Å²) in [5.41, 5.74) is 6.72.